The van der Waals surface area contributed by atoms with E-state index in [-0.39, 0.29) is 0 Å². The summed E-state index contributed by atoms with van der Waals surface area (Å²) < 4.78 is 16.1. The second kappa shape index (κ2) is 7.28. The average molecular weight is 315 g/mol. The van der Waals surface area contributed by atoms with E-state index in [1.54, 1.807) is 14.2 Å². The van der Waals surface area contributed by atoms with E-state index in [9.17, 15) is 0 Å². The first-order valence-electron chi connectivity index (χ1n) is 7.65. The Bertz CT molecular complexity index is 657. The number of benzene rings is 1. The lowest BCUT2D eigenvalue weighted by Crippen LogP contribution is -2.06. The standard InChI is InChI=1S/C17H21N3O3/c1-21-15-4-3-12(16(8-15)22-2)9-18-17-7-14(10-19-20-17)13-5-6-23-11-13/h3-4,7-8,10,13H,5-6,9,11H2,1-2H3,(H,18,20). The summed E-state index contributed by atoms with van der Waals surface area (Å²) in [6.45, 7) is 2.18. The normalized spacial score (nSPS) is 17.0. The van der Waals surface area contributed by atoms with Crippen LogP contribution in [0.4, 0.5) is 5.82 Å². The Hall–Kier alpha value is -2.34. The van der Waals surface area contributed by atoms with Crippen molar-refractivity contribution in [3.63, 3.8) is 0 Å². The molecule has 0 aliphatic carbocycles. The molecule has 23 heavy (non-hydrogen) atoms. The Morgan fingerprint density at radius 2 is 2.17 bits per heavy atom. The third-order valence-corrected chi connectivity index (χ3v) is 4.03. The molecule has 1 N–H and O–H groups in total. The second-order valence-corrected chi connectivity index (χ2v) is 5.47. The summed E-state index contributed by atoms with van der Waals surface area (Å²) in [5.41, 5.74) is 2.20. The van der Waals surface area contributed by atoms with Gasteiger partial charge in [-0.3, -0.25) is 0 Å². The quantitative estimate of drug-likeness (QED) is 0.884. The van der Waals surface area contributed by atoms with E-state index >= 15 is 0 Å². The van der Waals surface area contributed by atoms with Crippen molar-refractivity contribution in [1.29, 1.82) is 0 Å². The highest BCUT2D eigenvalue weighted by Gasteiger charge is 2.18. The molecule has 0 saturated carbocycles. The molecule has 6 nitrogen and oxygen atoms in total. The van der Waals surface area contributed by atoms with Crippen molar-refractivity contribution in [2.24, 2.45) is 0 Å². The lowest BCUT2D eigenvalue weighted by atomic mass is 10.0. The van der Waals surface area contributed by atoms with Crippen LogP contribution in [-0.2, 0) is 11.3 Å². The fraction of sp³-hybridized carbons (Fsp3) is 0.412. The van der Waals surface area contributed by atoms with Crippen LogP contribution in [0, 0.1) is 0 Å². The van der Waals surface area contributed by atoms with Gasteiger partial charge in [0.2, 0.25) is 0 Å². The molecule has 1 aromatic carbocycles. The van der Waals surface area contributed by atoms with Crippen LogP contribution in [0.15, 0.2) is 30.5 Å². The Balaban J connectivity index is 1.69. The molecule has 1 aromatic heterocycles. The maximum Gasteiger partial charge on any atom is 0.149 e. The zero-order valence-corrected chi connectivity index (χ0v) is 13.4. The van der Waals surface area contributed by atoms with Gasteiger partial charge in [-0.15, -0.1) is 5.10 Å². The summed E-state index contributed by atoms with van der Waals surface area (Å²) in [6, 6.07) is 7.81. The smallest absolute Gasteiger partial charge is 0.149 e. The van der Waals surface area contributed by atoms with Crippen LogP contribution < -0.4 is 14.8 Å². The fourth-order valence-corrected chi connectivity index (χ4v) is 2.67. The van der Waals surface area contributed by atoms with Gasteiger partial charge in [0.15, 0.2) is 0 Å². The number of rotatable bonds is 6. The van der Waals surface area contributed by atoms with Gasteiger partial charge < -0.3 is 19.5 Å². The van der Waals surface area contributed by atoms with Gasteiger partial charge in [0.1, 0.15) is 17.3 Å². The monoisotopic (exact) mass is 315 g/mol. The largest absolute Gasteiger partial charge is 0.497 e. The third-order valence-electron chi connectivity index (χ3n) is 4.03. The molecule has 1 fully saturated rings. The van der Waals surface area contributed by atoms with Crippen LogP contribution >= 0.6 is 0 Å². The zero-order chi connectivity index (χ0) is 16.1. The van der Waals surface area contributed by atoms with E-state index in [1.165, 1.54) is 5.56 Å². The minimum atomic E-state index is 0.418. The fourth-order valence-electron chi connectivity index (χ4n) is 2.67. The molecule has 1 unspecified atom stereocenters. The van der Waals surface area contributed by atoms with Crippen LogP contribution in [0.5, 0.6) is 11.5 Å². The predicted molar refractivity (Wildman–Crippen MR) is 87.1 cm³/mol. The van der Waals surface area contributed by atoms with Crippen LogP contribution in [-0.4, -0.2) is 37.6 Å². The minimum absolute atomic E-state index is 0.418. The molecule has 3 rings (SSSR count). The maximum atomic E-state index is 5.44. The summed E-state index contributed by atoms with van der Waals surface area (Å²) in [5, 5.41) is 11.5. The highest BCUT2D eigenvalue weighted by atomic mass is 16.5. The Morgan fingerprint density at radius 1 is 1.26 bits per heavy atom. The van der Waals surface area contributed by atoms with Gasteiger partial charge in [-0.25, -0.2) is 0 Å². The van der Waals surface area contributed by atoms with Gasteiger partial charge in [0.25, 0.3) is 0 Å². The highest BCUT2D eigenvalue weighted by molar-refractivity contribution is 5.44. The summed E-state index contributed by atoms with van der Waals surface area (Å²) in [7, 11) is 3.29. The number of aromatic nitrogens is 2. The lowest BCUT2D eigenvalue weighted by molar-refractivity contribution is 0.194. The number of ether oxygens (including phenoxy) is 3. The third kappa shape index (κ3) is 3.71. The summed E-state index contributed by atoms with van der Waals surface area (Å²) in [5.74, 6) is 2.73. The first-order valence-corrected chi connectivity index (χ1v) is 7.65. The molecule has 0 bridgehead atoms. The van der Waals surface area contributed by atoms with Crippen LogP contribution in [0.25, 0.3) is 0 Å². The predicted octanol–water partition coefficient (Wildman–Crippen LogP) is 2.61. The van der Waals surface area contributed by atoms with Crippen molar-refractivity contribution in [3.05, 3.63) is 41.6 Å². The molecule has 2 heterocycles. The van der Waals surface area contributed by atoms with Crippen LogP contribution in [0.1, 0.15) is 23.5 Å². The molecule has 1 saturated heterocycles. The van der Waals surface area contributed by atoms with Crippen molar-refractivity contribution in [3.8, 4) is 11.5 Å². The summed E-state index contributed by atoms with van der Waals surface area (Å²) >= 11 is 0. The van der Waals surface area contributed by atoms with E-state index in [0.29, 0.717) is 12.5 Å². The van der Waals surface area contributed by atoms with Crippen molar-refractivity contribution in [2.75, 3.05) is 32.8 Å². The van der Waals surface area contributed by atoms with Crippen LogP contribution in [0.3, 0.4) is 0 Å². The Labute approximate surface area is 135 Å². The van der Waals surface area contributed by atoms with Gasteiger partial charge in [-0.2, -0.15) is 5.10 Å². The number of methoxy groups -OCH3 is 2. The Kier molecular flexibility index (Phi) is 4.92. The van der Waals surface area contributed by atoms with E-state index in [0.717, 1.165) is 42.5 Å². The molecule has 0 radical (unpaired) electrons. The van der Waals surface area contributed by atoms with E-state index in [2.05, 4.69) is 15.5 Å². The minimum Gasteiger partial charge on any atom is -0.497 e. The number of anilines is 1. The Morgan fingerprint density at radius 3 is 2.91 bits per heavy atom. The first kappa shape index (κ1) is 15.6. The van der Waals surface area contributed by atoms with Gasteiger partial charge in [-0.1, -0.05) is 0 Å². The molecule has 6 heteroatoms. The van der Waals surface area contributed by atoms with Crippen LogP contribution in [0.2, 0.25) is 0 Å². The number of hydrogen-bond donors (Lipinski definition) is 1. The molecule has 0 amide bonds. The average Bonchev–Trinajstić information content (AvgIpc) is 3.14. The molecular weight excluding hydrogens is 294 g/mol. The number of nitrogens with one attached hydrogen (secondary N) is 1. The summed E-state index contributed by atoms with van der Waals surface area (Å²) in [4.78, 5) is 0. The van der Waals surface area contributed by atoms with Crippen molar-refractivity contribution < 1.29 is 14.2 Å². The lowest BCUT2D eigenvalue weighted by Gasteiger charge is -2.12. The van der Waals surface area contributed by atoms with E-state index < -0.39 is 0 Å². The SMILES string of the molecule is COc1ccc(CNc2cc(C3CCOC3)cnn2)c(OC)c1. The summed E-state index contributed by atoms with van der Waals surface area (Å²) in [6.07, 6.45) is 2.86. The molecule has 1 atom stereocenters. The molecule has 0 spiro atoms. The van der Waals surface area contributed by atoms with E-state index in [1.807, 2.05) is 30.5 Å². The van der Waals surface area contributed by atoms with Gasteiger partial charge in [0, 0.05) is 30.7 Å². The van der Waals surface area contributed by atoms with Gasteiger partial charge in [0.05, 0.1) is 27.0 Å². The highest BCUT2D eigenvalue weighted by Crippen LogP contribution is 2.27. The second-order valence-electron chi connectivity index (χ2n) is 5.47. The number of nitrogens with zero attached hydrogens (tertiary/aromatic N) is 2. The van der Waals surface area contributed by atoms with Gasteiger partial charge >= 0.3 is 0 Å². The van der Waals surface area contributed by atoms with Crippen molar-refractivity contribution in [1.82, 2.24) is 10.2 Å². The van der Waals surface area contributed by atoms with Gasteiger partial charge in [-0.05, 0) is 30.2 Å². The zero-order valence-electron chi connectivity index (χ0n) is 13.4. The molecule has 122 valence electrons. The topological polar surface area (TPSA) is 65.5 Å². The molecule has 1 aliphatic heterocycles. The molecule has 2 aromatic rings. The van der Waals surface area contributed by atoms with Crippen molar-refractivity contribution in [2.45, 2.75) is 18.9 Å². The maximum absolute atomic E-state index is 5.44. The number of hydrogen-bond acceptors (Lipinski definition) is 6. The van der Waals surface area contributed by atoms with E-state index in [4.69, 9.17) is 14.2 Å². The van der Waals surface area contributed by atoms with Crippen molar-refractivity contribution >= 4 is 5.82 Å². The first-order chi connectivity index (χ1) is 11.3. The molecule has 1 aliphatic rings. The molecular formula is C17H21N3O3.